The minimum Gasteiger partial charge on any atom is -0.406 e. The number of rotatable bonds is 7. The summed E-state index contributed by atoms with van der Waals surface area (Å²) in [6, 6.07) is 1.61. The summed E-state index contributed by atoms with van der Waals surface area (Å²) in [4.78, 5) is 19.0. The predicted molar refractivity (Wildman–Crippen MR) is 109 cm³/mol. The maximum absolute atomic E-state index is 12.7. The quantitative estimate of drug-likeness (QED) is 0.492. The molecule has 1 saturated heterocycles. The van der Waals surface area contributed by atoms with Gasteiger partial charge in [-0.2, -0.15) is 0 Å². The Labute approximate surface area is 181 Å². The van der Waals surface area contributed by atoms with Crippen LogP contribution in [-0.2, 0) is 4.74 Å². The van der Waals surface area contributed by atoms with Crippen molar-refractivity contribution >= 4 is 11.7 Å². The molecular weight excluding hydrogens is 429 g/mol. The van der Waals surface area contributed by atoms with E-state index in [2.05, 4.69) is 26.8 Å². The van der Waals surface area contributed by atoms with E-state index in [1.807, 2.05) is 4.90 Å². The molecule has 3 rings (SSSR count). The highest BCUT2D eigenvalue weighted by Gasteiger charge is 2.31. The number of alkyl halides is 3. The second-order valence-corrected chi connectivity index (χ2v) is 7.02. The monoisotopic (exact) mass is 450 g/mol. The van der Waals surface area contributed by atoms with Crippen LogP contribution in [0.4, 0.5) is 19.0 Å². The lowest BCUT2D eigenvalue weighted by molar-refractivity contribution is -0.303. The van der Waals surface area contributed by atoms with Crippen LogP contribution in [0.2, 0.25) is 0 Å². The number of β-amino-alcohol motifs (C(OH)–C–C–N with tert-alkyl or cyclic N) is 1. The van der Waals surface area contributed by atoms with Crippen LogP contribution in [0.5, 0.6) is 0 Å². The number of carbonyl (C=O) groups excluding carboxylic acids is 1. The fourth-order valence-corrected chi connectivity index (χ4v) is 3.10. The van der Waals surface area contributed by atoms with Crippen molar-refractivity contribution in [3.05, 3.63) is 66.5 Å². The highest BCUT2D eigenvalue weighted by molar-refractivity contribution is 5.97. The number of aliphatic hydroxyl groups excluding tert-OH is 1. The summed E-state index contributed by atoms with van der Waals surface area (Å²) in [7, 11) is 0. The van der Waals surface area contributed by atoms with E-state index >= 15 is 0 Å². The zero-order valence-corrected chi connectivity index (χ0v) is 17.1. The first-order valence-electron chi connectivity index (χ1n) is 9.57. The summed E-state index contributed by atoms with van der Waals surface area (Å²) in [5.41, 5.74) is 1.70. The topological polar surface area (TPSA) is 101 Å². The van der Waals surface area contributed by atoms with Crippen molar-refractivity contribution in [3.63, 3.8) is 0 Å². The number of carbonyl (C=O) groups is 1. The smallest absolute Gasteiger partial charge is 0.406 e. The van der Waals surface area contributed by atoms with Gasteiger partial charge in [0.15, 0.2) is 0 Å². The average Bonchev–Trinajstić information content (AvgIpc) is 3.41. The first-order valence-corrected chi connectivity index (χ1v) is 9.57. The zero-order chi connectivity index (χ0) is 23.3. The second kappa shape index (κ2) is 9.69. The Morgan fingerprint density at radius 3 is 2.78 bits per heavy atom. The van der Waals surface area contributed by atoms with Crippen LogP contribution in [-0.4, -0.2) is 46.7 Å². The van der Waals surface area contributed by atoms with E-state index in [9.17, 15) is 23.1 Å². The summed E-state index contributed by atoms with van der Waals surface area (Å²) >= 11 is 0. The number of pyridine rings is 1. The Kier molecular flexibility index (Phi) is 6.98. The molecule has 0 unspecified atom stereocenters. The van der Waals surface area contributed by atoms with Crippen LogP contribution in [0.15, 0.2) is 65.5 Å². The molecule has 0 radical (unpaired) electrons. The van der Waals surface area contributed by atoms with Crippen molar-refractivity contribution < 1.29 is 32.3 Å². The number of hydrogen-bond donors (Lipinski definition) is 2. The van der Waals surface area contributed by atoms with Gasteiger partial charge in [-0.3, -0.25) is 4.79 Å². The predicted octanol–water partition coefficient (Wildman–Crippen LogP) is 3.55. The summed E-state index contributed by atoms with van der Waals surface area (Å²) in [6.45, 7) is 5.79. The standard InChI is InChI=1S/C21H21F3N4O4/c1-3-17(32-21(22,23)24)5-4-13(2)27-20(30)14-8-18(15-10-26-31-12-15)19(25-9-14)28-7-6-16(29)11-28/h3-5,8-10,12,16,29H,1,6-7,11H2,2H3,(H,27,30)/b13-4+,17-5+/t16-/m1/s1. The molecule has 1 amide bonds. The molecule has 32 heavy (non-hydrogen) atoms. The van der Waals surface area contributed by atoms with Gasteiger partial charge in [0.2, 0.25) is 0 Å². The Bertz CT molecular complexity index is 1030. The molecule has 1 aliphatic rings. The molecule has 170 valence electrons. The SMILES string of the molecule is C=C/C(=C\C=C(/C)NC(=O)c1cnc(N2CC[C@@H](O)C2)c(-c2cnoc2)c1)OC(F)(F)F. The zero-order valence-electron chi connectivity index (χ0n) is 17.1. The van der Waals surface area contributed by atoms with Crippen LogP contribution in [0.3, 0.4) is 0 Å². The number of amides is 1. The van der Waals surface area contributed by atoms with Crippen molar-refractivity contribution in [3.8, 4) is 11.1 Å². The summed E-state index contributed by atoms with van der Waals surface area (Å²) in [6.07, 6.45) is 2.80. The molecule has 0 aromatic carbocycles. The van der Waals surface area contributed by atoms with Crippen molar-refractivity contribution in [1.82, 2.24) is 15.5 Å². The highest BCUT2D eigenvalue weighted by Crippen LogP contribution is 2.32. The van der Waals surface area contributed by atoms with Gasteiger partial charge < -0.3 is 24.6 Å². The molecule has 3 heterocycles. The van der Waals surface area contributed by atoms with Crippen molar-refractivity contribution in [1.29, 1.82) is 0 Å². The number of aromatic nitrogens is 2. The minimum atomic E-state index is -4.85. The fraction of sp³-hybridized carbons (Fsp3) is 0.286. The first kappa shape index (κ1) is 23.1. The fourth-order valence-electron chi connectivity index (χ4n) is 3.10. The van der Waals surface area contributed by atoms with Crippen LogP contribution in [0, 0.1) is 0 Å². The van der Waals surface area contributed by atoms with Crippen LogP contribution >= 0.6 is 0 Å². The number of hydrogen-bond acceptors (Lipinski definition) is 7. The summed E-state index contributed by atoms with van der Waals surface area (Å²) in [5.74, 6) is -0.446. The molecule has 2 aromatic heterocycles. The van der Waals surface area contributed by atoms with Gasteiger partial charge in [0.25, 0.3) is 5.91 Å². The normalized spacial score (nSPS) is 17.4. The molecule has 0 spiro atoms. The van der Waals surface area contributed by atoms with Crippen LogP contribution in [0.25, 0.3) is 11.1 Å². The van der Waals surface area contributed by atoms with Crippen molar-refractivity contribution in [2.24, 2.45) is 0 Å². The largest absolute Gasteiger partial charge is 0.573 e. The van der Waals surface area contributed by atoms with Gasteiger partial charge in [0, 0.05) is 36.1 Å². The number of halogens is 3. The van der Waals surface area contributed by atoms with E-state index in [0.29, 0.717) is 36.5 Å². The number of anilines is 1. The van der Waals surface area contributed by atoms with E-state index in [1.165, 1.54) is 31.7 Å². The number of aliphatic hydroxyl groups is 1. The van der Waals surface area contributed by atoms with E-state index in [0.717, 1.165) is 12.2 Å². The van der Waals surface area contributed by atoms with Gasteiger partial charge in [0.05, 0.1) is 17.9 Å². The van der Waals surface area contributed by atoms with Gasteiger partial charge in [0.1, 0.15) is 17.8 Å². The van der Waals surface area contributed by atoms with Crippen molar-refractivity contribution in [2.75, 3.05) is 18.0 Å². The Hall–Kier alpha value is -3.60. The molecular formula is C21H21F3N4O4. The molecule has 0 aliphatic carbocycles. The van der Waals surface area contributed by atoms with Crippen LogP contribution in [0.1, 0.15) is 23.7 Å². The third kappa shape index (κ3) is 5.97. The lowest BCUT2D eigenvalue weighted by Crippen LogP contribution is -2.25. The highest BCUT2D eigenvalue weighted by atomic mass is 19.4. The maximum atomic E-state index is 12.7. The number of ether oxygens (including phenoxy) is 1. The van der Waals surface area contributed by atoms with E-state index < -0.39 is 24.1 Å². The van der Waals surface area contributed by atoms with Crippen LogP contribution < -0.4 is 10.2 Å². The Morgan fingerprint density at radius 1 is 1.41 bits per heavy atom. The molecule has 1 atom stereocenters. The van der Waals surface area contributed by atoms with Gasteiger partial charge in [-0.1, -0.05) is 11.7 Å². The lowest BCUT2D eigenvalue weighted by Gasteiger charge is -2.20. The molecule has 1 fully saturated rings. The maximum Gasteiger partial charge on any atom is 0.573 e. The van der Waals surface area contributed by atoms with Gasteiger partial charge >= 0.3 is 6.36 Å². The van der Waals surface area contributed by atoms with Gasteiger partial charge in [-0.25, -0.2) is 4.98 Å². The first-order chi connectivity index (χ1) is 15.2. The van der Waals surface area contributed by atoms with E-state index in [-0.39, 0.29) is 11.3 Å². The number of nitrogens with zero attached hydrogens (tertiary/aromatic N) is 3. The number of allylic oxidation sites excluding steroid dienone is 4. The van der Waals surface area contributed by atoms with Gasteiger partial charge in [-0.15, -0.1) is 13.2 Å². The third-order valence-electron chi connectivity index (χ3n) is 4.58. The molecule has 0 bridgehead atoms. The second-order valence-electron chi connectivity index (χ2n) is 7.02. The summed E-state index contributed by atoms with van der Waals surface area (Å²) < 4.78 is 45.7. The Balaban J connectivity index is 1.81. The van der Waals surface area contributed by atoms with E-state index in [1.54, 1.807) is 6.07 Å². The molecule has 1 aliphatic heterocycles. The Morgan fingerprint density at radius 2 is 2.19 bits per heavy atom. The molecule has 11 heteroatoms. The van der Waals surface area contributed by atoms with Gasteiger partial charge in [-0.05, 0) is 37.6 Å². The average molecular weight is 450 g/mol. The van der Waals surface area contributed by atoms with Crippen molar-refractivity contribution in [2.45, 2.75) is 25.8 Å². The molecule has 8 nitrogen and oxygen atoms in total. The summed E-state index contributed by atoms with van der Waals surface area (Å²) in [5, 5.41) is 16.1. The lowest BCUT2D eigenvalue weighted by atomic mass is 10.1. The third-order valence-corrected chi connectivity index (χ3v) is 4.58. The molecule has 2 aromatic rings. The molecule has 2 N–H and O–H groups in total. The molecule has 0 saturated carbocycles. The minimum absolute atomic E-state index is 0.219. The van der Waals surface area contributed by atoms with E-state index in [4.69, 9.17) is 4.52 Å². The number of nitrogens with one attached hydrogen (secondary N) is 1.